The van der Waals surface area contributed by atoms with E-state index in [0.717, 1.165) is 25.4 Å². The second kappa shape index (κ2) is 4.01. The maximum Gasteiger partial charge on any atom is 0.143 e. The van der Waals surface area contributed by atoms with E-state index in [9.17, 15) is 0 Å². The molecule has 2 aliphatic rings. The second-order valence-electron chi connectivity index (χ2n) is 5.83. The Morgan fingerprint density at radius 1 is 1.11 bits per heavy atom. The number of benzene rings is 1. The highest BCUT2D eigenvalue weighted by Crippen LogP contribution is 2.38. The molecule has 19 heavy (non-hydrogen) atoms. The van der Waals surface area contributed by atoms with Gasteiger partial charge in [0.25, 0.3) is 0 Å². The van der Waals surface area contributed by atoms with Gasteiger partial charge in [-0.2, -0.15) is 0 Å². The van der Waals surface area contributed by atoms with Crippen molar-refractivity contribution in [1.29, 1.82) is 0 Å². The molecule has 0 spiro atoms. The van der Waals surface area contributed by atoms with E-state index in [-0.39, 0.29) is 0 Å². The normalized spacial score (nSPS) is 19.1. The van der Waals surface area contributed by atoms with E-state index in [4.69, 9.17) is 4.74 Å². The van der Waals surface area contributed by atoms with Gasteiger partial charge in [-0.1, -0.05) is 6.07 Å². The fourth-order valence-corrected chi connectivity index (χ4v) is 3.64. The molecular weight excluding hydrogens is 236 g/mol. The Morgan fingerprint density at radius 2 is 1.95 bits per heavy atom. The van der Waals surface area contributed by atoms with Crippen LogP contribution in [0.1, 0.15) is 16.8 Å². The zero-order valence-electron chi connectivity index (χ0n) is 11.7. The van der Waals surface area contributed by atoms with Gasteiger partial charge < -0.3 is 14.2 Å². The van der Waals surface area contributed by atoms with Crippen LogP contribution >= 0.6 is 0 Å². The van der Waals surface area contributed by atoms with Gasteiger partial charge in [0.1, 0.15) is 12.4 Å². The van der Waals surface area contributed by atoms with E-state index in [2.05, 4.69) is 35.6 Å². The molecule has 1 aromatic carbocycles. The molecule has 0 radical (unpaired) electrons. The molecule has 100 valence electrons. The third kappa shape index (κ3) is 1.54. The lowest BCUT2D eigenvalue weighted by Gasteiger charge is -2.20. The van der Waals surface area contributed by atoms with Crippen LogP contribution in [0.5, 0.6) is 5.75 Å². The first-order valence-corrected chi connectivity index (χ1v) is 7.20. The Labute approximate surface area is 113 Å². The van der Waals surface area contributed by atoms with Crippen molar-refractivity contribution in [1.82, 2.24) is 9.47 Å². The number of likely N-dealkylation sites (N-methyl/N-ethyl adjacent to an activating group) is 1. The van der Waals surface area contributed by atoms with E-state index < -0.39 is 0 Å². The second-order valence-corrected chi connectivity index (χ2v) is 5.83. The number of rotatable bonds is 0. The molecule has 0 aliphatic carbocycles. The Morgan fingerprint density at radius 3 is 2.84 bits per heavy atom. The number of aryl methyl sites for hydroxylation is 1. The molecule has 1 aromatic heterocycles. The molecule has 0 saturated heterocycles. The molecule has 0 N–H and O–H groups in total. The molecular formula is C16H20N2O. The molecule has 0 atom stereocenters. The summed E-state index contributed by atoms with van der Waals surface area (Å²) in [5.74, 6) is 1.08. The summed E-state index contributed by atoms with van der Waals surface area (Å²) < 4.78 is 8.37. The highest BCUT2D eigenvalue weighted by molar-refractivity contribution is 5.93. The van der Waals surface area contributed by atoms with E-state index in [1.165, 1.54) is 35.9 Å². The summed E-state index contributed by atoms with van der Waals surface area (Å²) in [7, 11) is 2.23. The number of ether oxygens (including phenoxy) is 1. The fraction of sp³-hybridized carbons (Fsp3) is 0.500. The van der Waals surface area contributed by atoms with Crippen LogP contribution < -0.4 is 4.74 Å². The van der Waals surface area contributed by atoms with Crippen molar-refractivity contribution < 1.29 is 4.74 Å². The zero-order chi connectivity index (χ0) is 13.0. The predicted octanol–water partition coefficient (Wildman–Crippen LogP) is 2.37. The van der Waals surface area contributed by atoms with Crippen molar-refractivity contribution in [2.75, 3.05) is 26.7 Å². The number of hydrogen-bond acceptors (Lipinski definition) is 2. The van der Waals surface area contributed by atoms with Gasteiger partial charge in [0.15, 0.2) is 0 Å². The van der Waals surface area contributed by atoms with Gasteiger partial charge in [-0.3, -0.25) is 0 Å². The molecule has 0 bridgehead atoms. The van der Waals surface area contributed by atoms with Crippen LogP contribution in [0.3, 0.4) is 0 Å². The van der Waals surface area contributed by atoms with Crippen LogP contribution in [-0.4, -0.2) is 36.2 Å². The lowest BCUT2D eigenvalue weighted by molar-refractivity contribution is 0.283. The van der Waals surface area contributed by atoms with Crippen LogP contribution in [0.15, 0.2) is 12.1 Å². The maximum atomic E-state index is 5.85. The maximum absolute atomic E-state index is 5.85. The quantitative estimate of drug-likeness (QED) is 0.720. The van der Waals surface area contributed by atoms with Crippen LogP contribution in [-0.2, 0) is 19.4 Å². The molecule has 0 unspecified atom stereocenters. The minimum Gasteiger partial charge on any atom is -0.490 e. The monoisotopic (exact) mass is 256 g/mol. The topological polar surface area (TPSA) is 17.4 Å². The van der Waals surface area contributed by atoms with Crippen molar-refractivity contribution in [3.63, 3.8) is 0 Å². The van der Waals surface area contributed by atoms with Gasteiger partial charge in [-0.05, 0) is 37.6 Å². The van der Waals surface area contributed by atoms with Crippen LogP contribution in [0, 0.1) is 6.92 Å². The first kappa shape index (κ1) is 11.4. The van der Waals surface area contributed by atoms with Crippen molar-refractivity contribution >= 4 is 10.9 Å². The average Bonchev–Trinajstić information content (AvgIpc) is 2.62. The molecule has 2 aliphatic heterocycles. The van der Waals surface area contributed by atoms with E-state index in [1.807, 2.05) is 0 Å². The molecule has 3 nitrogen and oxygen atoms in total. The third-order valence-corrected chi connectivity index (χ3v) is 4.64. The summed E-state index contributed by atoms with van der Waals surface area (Å²) in [6.45, 7) is 6.37. The minimum absolute atomic E-state index is 0.808. The number of hydrogen-bond donors (Lipinski definition) is 0. The molecule has 2 aromatic rings. The molecule has 0 fully saturated rings. The SMILES string of the molecule is Cc1ccc2c3c1c1c(n3CCO2)CCN(C)CC1. The Hall–Kier alpha value is -1.48. The summed E-state index contributed by atoms with van der Waals surface area (Å²) in [6, 6.07) is 4.35. The molecule has 0 saturated carbocycles. The lowest BCUT2D eigenvalue weighted by atomic mass is 10.0. The van der Waals surface area contributed by atoms with Gasteiger partial charge in [0.05, 0.1) is 12.1 Å². The standard InChI is InChI=1S/C16H20N2O/c1-11-3-4-14-16-15(11)12-5-7-17(2)8-6-13(12)18(16)9-10-19-14/h3-4H,5-10H2,1-2H3. The zero-order valence-corrected chi connectivity index (χ0v) is 11.7. The van der Waals surface area contributed by atoms with Gasteiger partial charge >= 0.3 is 0 Å². The highest BCUT2D eigenvalue weighted by Gasteiger charge is 2.25. The summed E-state index contributed by atoms with van der Waals surface area (Å²) in [6.07, 6.45) is 2.33. The van der Waals surface area contributed by atoms with Crippen LogP contribution in [0.25, 0.3) is 10.9 Å². The van der Waals surface area contributed by atoms with Crippen molar-refractivity contribution in [2.24, 2.45) is 0 Å². The largest absolute Gasteiger partial charge is 0.490 e. The van der Waals surface area contributed by atoms with E-state index >= 15 is 0 Å². The first-order valence-electron chi connectivity index (χ1n) is 7.20. The van der Waals surface area contributed by atoms with Crippen molar-refractivity contribution in [2.45, 2.75) is 26.3 Å². The molecule has 4 rings (SSSR count). The fourth-order valence-electron chi connectivity index (χ4n) is 3.64. The molecule has 3 heterocycles. The van der Waals surface area contributed by atoms with Crippen LogP contribution in [0.4, 0.5) is 0 Å². The Kier molecular flexibility index (Phi) is 2.39. The predicted molar refractivity (Wildman–Crippen MR) is 77.1 cm³/mol. The van der Waals surface area contributed by atoms with Crippen molar-refractivity contribution in [3.8, 4) is 5.75 Å². The smallest absolute Gasteiger partial charge is 0.143 e. The molecule has 3 heteroatoms. The average molecular weight is 256 g/mol. The number of nitrogens with zero attached hydrogens (tertiary/aromatic N) is 2. The van der Waals surface area contributed by atoms with E-state index in [0.29, 0.717) is 0 Å². The van der Waals surface area contributed by atoms with E-state index in [1.54, 1.807) is 11.3 Å². The van der Waals surface area contributed by atoms with Gasteiger partial charge in [-0.25, -0.2) is 0 Å². The summed E-state index contributed by atoms with van der Waals surface area (Å²) in [5.41, 5.74) is 5.87. The Bertz CT molecular complexity index is 657. The minimum atomic E-state index is 0.808. The van der Waals surface area contributed by atoms with Crippen molar-refractivity contribution in [3.05, 3.63) is 29.0 Å². The van der Waals surface area contributed by atoms with Gasteiger partial charge in [-0.15, -0.1) is 0 Å². The van der Waals surface area contributed by atoms with Crippen LogP contribution in [0.2, 0.25) is 0 Å². The summed E-state index contributed by atoms with van der Waals surface area (Å²) in [5, 5.41) is 1.46. The first-order chi connectivity index (χ1) is 9.25. The Balaban J connectivity index is 2.05. The lowest BCUT2D eigenvalue weighted by Crippen LogP contribution is -2.22. The highest BCUT2D eigenvalue weighted by atomic mass is 16.5. The van der Waals surface area contributed by atoms with Gasteiger partial charge in [0, 0.05) is 30.6 Å². The third-order valence-electron chi connectivity index (χ3n) is 4.64. The molecule has 0 amide bonds. The summed E-state index contributed by atoms with van der Waals surface area (Å²) >= 11 is 0. The summed E-state index contributed by atoms with van der Waals surface area (Å²) in [4.78, 5) is 2.44. The number of aromatic nitrogens is 1. The van der Waals surface area contributed by atoms with Gasteiger partial charge in [0.2, 0.25) is 0 Å². The number of fused-ring (bicyclic) bond motifs is 3.